The molecule has 0 fully saturated rings. The molecule has 1 aromatic carbocycles. The van der Waals surface area contributed by atoms with Gasteiger partial charge in [0.15, 0.2) is 0 Å². The van der Waals surface area contributed by atoms with Crippen molar-refractivity contribution in [1.29, 1.82) is 0 Å². The highest BCUT2D eigenvalue weighted by Crippen LogP contribution is 2.16. The number of nitrogens with one attached hydrogen (secondary N) is 1. The van der Waals surface area contributed by atoms with Crippen molar-refractivity contribution in [2.75, 3.05) is 0 Å². The largest absolute Gasteiger partial charge is 0.471 e. The standard InChI is InChI=1S/C15H18F3NO3/c1-3-10(2)22-13(20)12(19-14(21)15(16,17)18)9-11-7-5-4-6-8-11/h4-8,10,12H,3,9H2,1-2H3,(H,19,21). The normalized spacial score (nSPS) is 14.0. The second-order valence-electron chi connectivity index (χ2n) is 4.87. The third-order valence-corrected chi connectivity index (χ3v) is 3.02. The Hall–Kier alpha value is -2.05. The summed E-state index contributed by atoms with van der Waals surface area (Å²) in [6.45, 7) is 3.40. The highest BCUT2D eigenvalue weighted by molar-refractivity contribution is 5.87. The Morgan fingerprint density at radius 3 is 2.32 bits per heavy atom. The highest BCUT2D eigenvalue weighted by Gasteiger charge is 2.41. The molecule has 0 saturated carbocycles. The molecule has 1 N–H and O–H groups in total. The monoisotopic (exact) mass is 317 g/mol. The molecule has 0 bridgehead atoms. The molecule has 2 unspecified atom stereocenters. The van der Waals surface area contributed by atoms with E-state index in [2.05, 4.69) is 0 Å². The third-order valence-electron chi connectivity index (χ3n) is 3.02. The Morgan fingerprint density at radius 1 is 1.23 bits per heavy atom. The summed E-state index contributed by atoms with van der Waals surface area (Å²) in [6.07, 6.45) is -5.03. The Labute approximate surface area is 126 Å². The number of hydrogen-bond donors (Lipinski definition) is 1. The van der Waals surface area contributed by atoms with E-state index in [4.69, 9.17) is 4.74 Å². The van der Waals surface area contributed by atoms with Gasteiger partial charge in [0.2, 0.25) is 0 Å². The predicted molar refractivity (Wildman–Crippen MR) is 74.0 cm³/mol. The molecule has 0 aliphatic rings. The van der Waals surface area contributed by atoms with Gasteiger partial charge in [-0.2, -0.15) is 13.2 Å². The number of alkyl halides is 3. The molecule has 122 valence electrons. The van der Waals surface area contributed by atoms with Gasteiger partial charge >= 0.3 is 18.1 Å². The van der Waals surface area contributed by atoms with E-state index in [9.17, 15) is 22.8 Å². The van der Waals surface area contributed by atoms with Crippen LogP contribution in [0.1, 0.15) is 25.8 Å². The van der Waals surface area contributed by atoms with Gasteiger partial charge in [0.05, 0.1) is 6.10 Å². The molecule has 0 aliphatic carbocycles. The highest BCUT2D eigenvalue weighted by atomic mass is 19.4. The van der Waals surface area contributed by atoms with Gasteiger partial charge in [-0.1, -0.05) is 37.3 Å². The van der Waals surface area contributed by atoms with Gasteiger partial charge in [-0.3, -0.25) is 4.79 Å². The van der Waals surface area contributed by atoms with Gasteiger partial charge in [0, 0.05) is 6.42 Å². The lowest BCUT2D eigenvalue weighted by molar-refractivity contribution is -0.176. The van der Waals surface area contributed by atoms with Gasteiger partial charge in [-0.15, -0.1) is 0 Å². The van der Waals surface area contributed by atoms with E-state index < -0.39 is 30.2 Å². The molecular weight excluding hydrogens is 299 g/mol. The van der Waals surface area contributed by atoms with Crippen LogP contribution in [-0.2, 0) is 20.7 Å². The summed E-state index contributed by atoms with van der Waals surface area (Å²) < 4.78 is 42.2. The Morgan fingerprint density at radius 2 is 1.82 bits per heavy atom. The van der Waals surface area contributed by atoms with E-state index in [0.29, 0.717) is 12.0 Å². The maximum Gasteiger partial charge on any atom is 0.471 e. The molecule has 0 radical (unpaired) electrons. The second-order valence-corrected chi connectivity index (χ2v) is 4.87. The average molecular weight is 317 g/mol. The number of rotatable bonds is 6. The van der Waals surface area contributed by atoms with Crippen molar-refractivity contribution < 1.29 is 27.5 Å². The third kappa shape index (κ3) is 5.75. The van der Waals surface area contributed by atoms with Crippen LogP contribution < -0.4 is 5.32 Å². The van der Waals surface area contributed by atoms with E-state index in [1.165, 1.54) is 0 Å². The minimum Gasteiger partial charge on any atom is -0.461 e. The van der Waals surface area contributed by atoms with Crippen LogP contribution in [-0.4, -0.2) is 30.2 Å². The first kappa shape index (κ1) is 18.0. The fourth-order valence-electron chi connectivity index (χ4n) is 1.65. The average Bonchev–Trinajstić information content (AvgIpc) is 2.46. The molecule has 2 atom stereocenters. The molecule has 22 heavy (non-hydrogen) atoms. The Balaban J connectivity index is 2.85. The number of benzene rings is 1. The molecule has 0 aliphatic heterocycles. The number of halogens is 3. The molecule has 0 aromatic heterocycles. The van der Waals surface area contributed by atoms with E-state index in [1.807, 2.05) is 0 Å². The summed E-state index contributed by atoms with van der Waals surface area (Å²) in [5.74, 6) is -3.04. The summed E-state index contributed by atoms with van der Waals surface area (Å²) >= 11 is 0. The summed E-state index contributed by atoms with van der Waals surface area (Å²) in [4.78, 5) is 23.1. The van der Waals surface area contributed by atoms with Crippen molar-refractivity contribution in [3.63, 3.8) is 0 Å². The second kappa shape index (κ2) is 7.82. The zero-order chi connectivity index (χ0) is 16.8. The lowest BCUT2D eigenvalue weighted by atomic mass is 10.1. The van der Waals surface area contributed by atoms with Crippen LogP contribution in [0.25, 0.3) is 0 Å². The number of carbonyl (C=O) groups excluding carboxylic acids is 2. The topological polar surface area (TPSA) is 55.4 Å². The van der Waals surface area contributed by atoms with Crippen LogP contribution in [0.5, 0.6) is 0 Å². The number of ether oxygens (including phenoxy) is 1. The van der Waals surface area contributed by atoms with Crippen LogP contribution in [0.4, 0.5) is 13.2 Å². The quantitative estimate of drug-likeness (QED) is 0.821. The first-order valence-electron chi connectivity index (χ1n) is 6.86. The fraction of sp³-hybridized carbons (Fsp3) is 0.467. The molecule has 0 heterocycles. The van der Waals surface area contributed by atoms with Crippen molar-refractivity contribution in [2.24, 2.45) is 0 Å². The molecule has 1 aromatic rings. The minimum absolute atomic E-state index is 0.0715. The van der Waals surface area contributed by atoms with Crippen LogP contribution >= 0.6 is 0 Å². The van der Waals surface area contributed by atoms with Crippen LogP contribution in [0.15, 0.2) is 30.3 Å². The van der Waals surface area contributed by atoms with Gasteiger partial charge in [-0.25, -0.2) is 4.79 Å². The Kier molecular flexibility index (Phi) is 6.39. The molecular formula is C15H18F3NO3. The van der Waals surface area contributed by atoms with Gasteiger partial charge in [-0.05, 0) is 18.9 Å². The van der Waals surface area contributed by atoms with Crippen molar-refractivity contribution in [3.05, 3.63) is 35.9 Å². The number of hydrogen-bond acceptors (Lipinski definition) is 3. The molecule has 1 rings (SSSR count). The minimum atomic E-state index is -5.05. The number of carbonyl (C=O) groups is 2. The van der Waals surface area contributed by atoms with Gasteiger partial charge in [0.25, 0.3) is 0 Å². The van der Waals surface area contributed by atoms with E-state index in [-0.39, 0.29) is 6.42 Å². The zero-order valence-electron chi connectivity index (χ0n) is 12.3. The summed E-state index contributed by atoms with van der Waals surface area (Å²) in [6, 6.07) is 7.05. The van der Waals surface area contributed by atoms with E-state index >= 15 is 0 Å². The van der Waals surface area contributed by atoms with Crippen LogP contribution in [0.3, 0.4) is 0 Å². The maximum atomic E-state index is 12.4. The molecule has 1 amide bonds. The zero-order valence-corrected chi connectivity index (χ0v) is 12.3. The van der Waals surface area contributed by atoms with Crippen molar-refractivity contribution in [2.45, 2.75) is 45.0 Å². The van der Waals surface area contributed by atoms with E-state index in [0.717, 1.165) is 0 Å². The molecule has 0 spiro atoms. The van der Waals surface area contributed by atoms with Gasteiger partial charge in [0.1, 0.15) is 6.04 Å². The summed E-state index contributed by atoms with van der Waals surface area (Å²) in [7, 11) is 0. The lowest BCUT2D eigenvalue weighted by Gasteiger charge is -2.20. The SMILES string of the molecule is CCC(C)OC(=O)C(Cc1ccccc1)NC(=O)C(F)(F)F. The Bertz CT molecular complexity index is 503. The first-order chi connectivity index (χ1) is 10.2. The molecule has 7 heteroatoms. The smallest absolute Gasteiger partial charge is 0.461 e. The van der Waals surface area contributed by atoms with Gasteiger partial charge < -0.3 is 10.1 Å². The maximum absolute atomic E-state index is 12.4. The van der Waals surface area contributed by atoms with Crippen molar-refractivity contribution in [1.82, 2.24) is 5.32 Å². The molecule has 0 saturated heterocycles. The van der Waals surface area contributed by atoms with E-state index in [1.54, 1.807) is 49.5 Å². The van der Waals surface area contributed by atoms with Crippen LogP contribution in [0.2, 0.25) is 0 Å². The van der Waals surface area contributed by atoms with Crippen molar-refractivity contribution >= 4 is 11.9 Å². The van der Waals surface area contributed by atoms with Crippen LogP contribution in [0, 0.1) is 0 Å². The number of esters is 1. The summed E-state index contributed by atoms with van der Waals surface area (Å²) in [5, 5.41) is 1.70. The predicted octanol–water partition coefficient (Wildman–Crippen LogP) is 2.62. The number of amides is 1. The first-order valence-corrected chi connectivity index (χ1v) is 6.86. The molecule has 4 nitrogen and oxygen atoms in total. The fourth-order valence-corrected chi connectivity index (χ4v) is 1.65. The summed E-state index contributed by atoms with van der Waals surface area (Å²) in [5.41, 5.74) is 0.621. The lowest BCUT2D eigenvalue weighted by Crippen LogP contribution is -2.49. The van der Waals surface area contributed by atoms with Crippen molar-refractivity contribution in [3.8, 4) is 0 Å².